The lowest BCUT2D eigenvalue weighted by molar-refractivity contribution is -0.147. The second-order valence-corrected chi connectivity index (χ2v) is 9.70. The number of carbonyl (C=O) groups is 4. The van der Waals surface area contributed by atoms with E-state index in [2.05, 4.69) is 5.32 Å². The zero-order valence-corrected chi connectivity index (χ0v) is 20.2. The molecule has 0 unspecified atom stereocenters. The first-order valence-corrected chi connectivity index (χ1v) is 11.7. The molecule has 3 aliphatic rings. The first kappa shape index (κ1) is 25.2. The summed E-state index contributed by atoms with van der Waals surface area (Å²) in [6.07, 6.45) is 0.474. The molecule has 1 aromatic rings. The van der Waals surface area contributed by atoms with Crippen molar-refractivity contribution in [1.82, 2.24) is 5.32 Å². The molecular formula is C25H29N3O8. The van der Waals surface area contributed by atoms with Crippen LogP contribution in [-0.2, 0) is 20.8 Å². The highest BCUT2D eigenvalue weighted by Crippen LogP contribution is 2.53. The third-order valence-electron chi connectivity index (χ3n) is 7.30. The number of fused-ring (bicyclic) bond motifs is 3. The molecule has 11 nitrogen and oxygen atoms in total. The fourth-order valence-electron chi connectivity index (χ4n) is 5.58. The predicted octanol–water partition coefficient (Wildman–Crippen LogP) is 0.630. The number of hydrogen-bond acceptors (Lipinski definition) is 9. The number of nitrogens with two attached hydrogens (primary N) is 1. The molecule has 0 saturated heterocycles. The number of aliphatic hydroxyl groups excluding tert-OH is 2. The van der Waals surface area contributed by atoms with Crippen LogP contribution in [0.4, 0.5) is 5.69 Å². The van der Waals surface area contributed by atoms with Crippen LogP contribution >= 0.6 is 0 Å². The number of rotatable bonds is 5. The van der Waals surface area contributed by atoms with Gasteiger partial charge in [0, 0.05) is 44.2 Å². The third kappa shape index (κ3) is 3.45. The second-order valence-electron chi connectivity index (χ2n) is 9.70. The Balaban J connectivity index is 1.94. The molecule has 7 N–H and O–H groups in total. The molecule has 0 radical (unpaired) electrons. The summed E-state index contributed by atoms with van der Waals surface area (Å²) < 4.78 is 0. The monoisotopic (exact) mass is 499 g/mol. The van der Waals surface area contributed by atoms with Gasteiger partial charge in [-0.05, 0) is 36.8 Å². The number of benzene rings is 1. The highest BCUT2D eigenvalue weighted by Gasteiger charge is 2.60. The largest absolute Gasteiger partial charge is 0.508 e. The molecular weight excluding hydrogens is 470 g/mol. The van der Waals surface area contributed by atoms with E-state index in [1.54, 1.807) is 19.0 Å². The van der Waals surface area contributed by atoms with Gasteiger partial charge in [0.15, 0.2) is 11.4 Å². The van der Waals surface area contributed by atoms with Crippen LogP contribution in [0.3, 0.4) is 0 Å². The minimum Gasteiger partial charge on any atom is -0.508 e. The van der Waals surface area contributed by atoms with Crippen LogP contribution in [0, 0.1) is 11.8 Å². The summed E-state index contributed by atoms with van der Waals surface area (Å²) in [5.41, 5.74) is 2.30. The lowest BCUT2D eigenvalue weighted by Crippen LogP contribution is -2.58. The zero-order valence-electron chi connectivity index (χ0n) is 20.2. The van der Waals surface area contributed by atoms with E-state index >= 15 is 0 Å². The molecule has 0 bridgehead atoms. The summed E-state index contributed by atoms with van der Waals surface area (Å²) in [6, 6.07) is 1.51. The Morgan fingerprint density at radius 3 is 2.44 bits per heavy atom. The number of phenols is 1. The number of aliphatic hydroxyl groups is 3. The Morgan fingerprint density at radius 2 is 1.86 bits per heavy atom. The van der Waals surface area contributed by atoms with Gasteiger partial charge in [0.05, 0.1) is 11.1 Å². The summed E-state index contributed by atoms with van der Waals surface area (Å²) in [5.74, 6) is -7.67. The van der Waals surface area contributed by atoms with Crippen molar-refractivity contribution in [2.24, 2.45) is 17.6 Å². The molecule has 3 aliphatic carbocycles. The maximum Gasteiger partial charge on any atom is 0.255 e. The number of hydrogen-bond donors (Lipinski definition) is 6. The lowest BCUT2D eigenvalue weighted by atomic mass is 9.59. The molecule has 2 amide bonds. The van der Waals surface area contributed by atoms with Crippen molar-refractivity contribution in [1.29, 1.82) is 0 Å². The minimum atomic E-state index is -2.63. The summed E-state index contributed by atoms with van der Waals surface area (Å²) in [5, 5.41) is 47.0. The van der Waals surface area contributed by atoms with Crippen molar-refractivity contribution in [3.05, 3.63) is 39.7 Å². The van der Waals surface area contributed by atoms with Gasteiger partial charge in [-0.1, -0.05) is 6.92 Å². The van der Waals surface area contributed by atoms with Crippen LogP contribution in [0.1, 0.15) is 47.7 Å². The molecule has 1 saturated carbocycles. The van der Waals surface area contributed by atoms with E-state index in [1.165, 1.54) is 6.07 Å². The molecule has 3 atom stereocenters. The van der Waals surface area contributed by atoms with Crippen molar-refractivity contribution in [2.45, 2.75) is 38.2 Å². The molecule has 0 spiro atoms. The van der Waals surface area contributed by atoms with Crippen molar-refractivity contribution < 1.29 is 39.6 Å². The number of amides is 2. The van der Waals surface area contributed by atoms with Gasteiger partial charge < -0.3 is 36.4 Å². The van der Waals surface area contributed by atoms with Gasteiger partial charge in [0.25, 0.3) is 11.8 Å². The Kier molecular flexibility index (Phi) is 6.07. The van der Waals surface area contributed by atoms with E-state index in [9.17, 15) is 39.6 Å². The Bertz CT molecular complexity index is 1280. The number of ketones is 2. The smallest absolute Gasteiger partial charge is 0.255 e. The van der Waals surface area contributed by atoms with Crippen LogP contribution in [0.5, 0.6) is 5.75 Å². The molecule has 4 rings (SSSR count). The van der Waals surface area contributed by atoms with Gasteiger partial charge in [0.1, 0.15) is 22.8 Å². The number of Topliss-reactive ketones (excluding diaryl/α,β-unsaturated/α-hetero) is 2. The summed E-state index contributed by atoms with van der Waals surface area (Å²) in [7, 11) is 3.46. The fraction of sp³-hybridized carbons (Fsp3) is 0.440. The maximum absolute atomic E-state index is 13.6. The van der Waals surface area contributed by atoms with Gasteiger partial charge in [0.2, 0.25) is 5.78 Å². The molecule has 0 aliphatic heterocycles. The summed E-state index contributed by atoms with van der Waals surface area (Å²) in [4.78, 5) is 52.3. The zero-order chi connectivity index (χ0) is 26.7. The quantitative estimate of drug-likeness (QED) is 0.315. The van der Waals surface area contributed by atoms with Crippen molar-refractivity contribution in [2.75, 3.05) is 25.5 Å². The highest BCUT2D eigenvalue weighted by atomic mass is 16.3. The normalized spacial score (nSPS) is 25.2. The van der Waals surface area contributed by atoms with E-state index in [0.717, 1.165) is 0 Å². The lowest BCUT2D eigenvalue weighted by Gasteiger charge is -2.46. The van der Waals surface area contributed by atoms with E-state index in [0.29, 0.717) is 24.2 Å². The Hall–Kier alpha value is -3.86. The number of nitrogens with zero attached hydrogens (tertiary/aromatic N) is 1. The molecule has 11 heteroatoms. The van der Waals surface area contributed by atoms with Gasteiger partial charge in [-0.3, -0.25) is 19.2 Å². The van der Waals surface area contributed by atoms with E-state index in [4.69, 9.17) is 5.73 Å². The van der Waals surface area contributed by atoms with Crippen molar-refractivity contribution in [3.8, 4) is 5.75 Å². The van der Waals surface area contributed by atoms with E-state index in [1.807, 2.05) is 6.92 Å². The predicted molar refractivity (Wildman–Crippen MR) is 128 cm³/mol. The number of primary amides is 1. The van der Waals surface area contributed by atoms with Crippen molar-refractivity contribution in [3.63, 3.8) is 0 Å². The molecule has 1 aromatic carbocycles. The Morgan fingerprint density at radius 1 is 1.19 bits per heavy atom. The molecule has 0 heterocycles. The van der Waals surface area contributed by atoms with Crippen LogP contribution < -0.4 is 16.0 Å². The van der Waals surface area contributed by atoms with Crippen LogP contribution in [-0.4, -0.2) is 70.0 Å². The number of carbonyl (C=O) groups excluding carboxylic acids is 4. The van der Waals surface area contributed by atoms with Gasteiger partial charge in [-0.15, -0.1) is 0 Å². The van der Waals surface area contributed by atoms with Crippen LogP contribution in [0.25, 0.3) is 5.76 Å². The first-order valence-electron chi connectivity index (χ1n) is 11.7. The second kappa shape index (κ2) is 8.66. The maximum atomic E-state index is 13.6. The topological polar surface area (TPSA) is 190 Å². The molecule has 1 fully saturated rings. The average Bonchev–Trinajstić information content (AvgIpc) is 2.79. The SMILES string of the molecule is CCCNC(=O)c1cc(N(C)C)c2c(c1O)C(O)=C1C(=O)[C@]3(O)C(O)=C(C(N)=O)C(=O)C[C@@H]3C[C@@H]1C2. The number of phenolic OH excluding ortho intramolecular Hbond substituents is 1. The van der Waals surface area contributed by atoms with Crippen LogP contribution in [0.15, 0.2) is 23.0 Å². The minimum absolute atomic E-state index is 0.0370. The van der Waals surface area contributed by atoms with Crippen LogP contribution in [0.2, 0.25) is 0 Å². The fourth-order valence-corrected chi connectivity index (χ4v) is 5.58. The van der Waals surface area contributed by atoms with Gasteiger partial charge >= 0.3 is 0 Å². The highest BCUT2D eigenvalue weighted by molar-refractivity contribution is 6.22. The number of anilines is 1. The Labute approximate surface area is 206 Å². The summed E-state index contributed by atoms with van der Waals surface area (Å²) in [6.45, 7) is 2.23. The van der Waals surface area contributed by atoms with Crippen molar-refractivity contribution >= 4 is 34.8 Å². The number of nitrogens with one attached hydrogen (secondary N) is 1. The van der Waals surface area contributed by atoms with Gasteiger partial charge in [-0.25, -0.2) is 0 Å². The standard InChI is InChI=1S/C25H29N3O8/c1-4-5-27-24(35)13-9-14(28(2)3)12-7-10-6-11-8-15(29)18(23(26)34)22(33)25(11,36)21(32)16(10)20(31)17(12)19(13)30/h9-11,30-31,33,36H,4-8H2,1-3H3,(H2,26,34)(H,27,35)/t10-,11+,25+/m1/s1. The van der Waals surface area contributed by atoms with Gasteiger partial charge in [-0.2, -0.15) is 0 Å². The molecule has 192 valence electrons. The van der Waals surface area contributed by atoms with E-state index in [-0.39, 0.29) is 36.0 Å². The number of aromatic hydroxyl groups is 1. The third-order valence-corrected chi connectivity index (χ3v) is 7.30. The molecule has 36 heavy (non-hydrogen) atoms. The first-order chi connectivity index (χ1) is 16.9. The van der Waals surface area contributed by atoms with E-state index < -0.39 is 63.7 Å². The summed E-state index contributed by atoms with van der Waals surface area (Å²) >= 11 is 0. The average molecular weight is 500 g/mol. The molecule has 0 aromatic heterocycles.